The number of hydrogen-bond donors (Lipinski definition) is 1. The molecule has 3 heterocycles. The van der Waals surface area contributed by atoms with Crippen LogP contribution in [-0.2, 0) is 17.6 Å². The van der Waals surface area contributed by atoms with Gasteiger partial charge in [0.2, 0.25) is 5.89 Å². The Balaban J connectivity index is 1.56. The van der Waals surface area contributed by atoms with E-state index in [9.17, 15) is 0 Å². The second-order valence-corrected chi connectivity index (χ2v) is 5.72. The van der Waals surface area contributed by atoms with Crippen LogP contribution in [0.2, 0.25) is 0 Å². The van der Waals surface area contributed by atoms with Crippen molar-refractivity contribution in [2.24, 2.45) is 0 Å². The lowest BCUT2D eigenvalue weighted by atomic mass is 9.94. The van der Waals surface area contributed by atoms with Crippen LogP contribution in [0.5, 0.6) is 0 Å². The van der Waals surface area contributed by atoms with Gasteiger partial charge in [-0.05, 0) is 30.4 Å². The van der Waals surface area contributed by atoms with E-state index >= 15 is 0 Å². The fraction of sp³-hybridized carbons (Fsp3) is 0.500. The normalized spacial score (nSPS) is 25.0. The second-order valence-electron chi connectivity index (χ2n) is 5.72. The number of benzene rings is 1. The van der Waals surface area contributed by atoms with E-state index in [4.69, 9.17) is 9.26 Å². The Bertz CT molecular complexity index is 619. The molecule has 4 rings (SSSR count). The Morgan fingerprint density at radius 3 is 3.14 bits per heavy atom. The van der Waals surface area contributed by atoms with E-state index in [1.807, 2.05) is 0 Å². The molecule has 5 nitrogen and oxygen atoms in total. The zero-order chi connectivity index (χ0) is 14.1. The quantitative estimate of drug-likeness (QED) is 0.935. The zero-order valence-electron chi connectivity index (χ0n) is 11.9. The van der Waals surface area contributed by atoms with Gasteiger partial charge in [0.25, 0.3) is 0 Å². The molecule has 0 amide bonds. The predicted molar refractivity (Wildman–Crippen MR) is 77.0 cm³/mol. The van der Waals surface area contributed by atoms with Gasteiger partial charge in [-0.1, -0.05) is 29.4 Å². The molecule has 0 bridgehead atoms. The smallest absolute Gasteiger partial charge is 0.248 e. The highest BCUT2D eigenvalue weighted by Gasteiger charge is 2.27. The summed E-state index contributed by atoms with van der Waals surface area (Å²) in [6, 6.07) is 8.46. The van der Waals surface area contributed by atoms with Gasteiger partial charge in [-0.2, -0.15) is 4.98 Å². The molecule has 110 valence electrons. The molecule has 0 spiro atoms. The maximum absolute atomic E-state index is 5.63. The lowest BCUT2D eigenvalue weighted by molar-refractivity contribution is 0.109. The zero-order valence-corrected chi connectivity index (χ0v) is 11.9. The predicted octanol–water partition coefficient (Wildman–Crippen LogP) is 2.03. The highest BCUT2D eigenvalue weighted by Crippen LogP contribution is 2.27. The van der Waals surface area contributed by atoms with Crippen molar-refractivity contribution in [3.63, 3.8) is 0 Å². The number of rotatable bonds is 3. The summed E-state index contributed by atoms with van der Waals surface area (Å²) in [6.07, 6.45) is 4.27. The Morgan fingerprint density at radius 2 is 2.24 bits per heavy atom. The molecule has 1 saturated heterocycles. The van der Waals surface area contributed by atoms with Crippen molar-refractivity contribution in [2.45, 2.75) is 37.8 Å². The lowest BCUT2D eigenvalue weighted by Crippen LogP contribution is -2.30. The van der Waals surface area contributed by atoms with Crippen LogP contribution in [0.15, 0.2) is 28.8 Å². The van der Waals surface area contributed by atoms with Gasteiger partial charge in [-0.25, -0.2) is 0 Å². The van der Waals surface area contributed by atoms with Crippen molar-refractivity contribution in [2.75, 3.05) is 13.2 Å². The van der Waals surface area contributed by atoms with E-state index < -0.39 is 0 Å². The highest BCUT2D eigenvalue weighted by atomic mass is 16.5. The topological polar surface area (TPSA) is 60.2 Å². The van der Waals surface area contributed by atoms with Gasteiger partial charge in [-0.3, -0.25) is 0 Å². The van der Waals surface area contributed by atoms with Crippen molar-refractivity contribution >= 4 is 0 Å². The fourth-order valence-corrected chi connectivity index (χ4v) is 3.20. The first-order valence-corrected chi connectivity index (χ1v) is 7.65. The first-order valence-electron chi connectivity index (χ1n) is 7.65. The van der Waals surface area contributed by atoms with Crippen LogP contribution in [0.3, 0.4) is 0 Å². The standard InChI is InChI=1S/C16H19N3O2/c1-2-6-13-11(4-1)7-8-17-15(13)16-18-14(19-21-16)10-12-5-3-9-20-12/h1-2,4,6,12,15,17H,3,5,7-10H2. The number of hydrogen-bond acceptors (Lipinski definition) is 5. The number of nitrogens with one attached hydrogen (secondary N) is 1. The van der Waals surface area contributed by atoms with Gasteiger partial charge >= 0.3 is 0 Å². The number of fused-ring (bicyclic) bond motifs is 1. The number of nitrogens with zero attached hydrogens (tertiary/aromatic N) is 2. The third-order valence-electron chi connectivity index (χ3n) is 4.27. The van der Waals surface area contributed by atoms with E-state index in [0.29, 0.717) is 5.89 Å². The summed E-state index contributed by atoms with van der Waals surface area (Å²) in [4.78, 5) is 4.58. The molecule has 0 saturated carbocycles. The Labute approximate surface area is 123 Å². The summed E-state index contributed by atoms with van der Waals surface area (Å²) in [5, 5.41) is 7.59. The van der Waals surface area contributed by atoms with Gasteiger partial charge < -0.3 is 14.6 Å². The molecule has 2 aliphatic rings. The molecule has 0 aliphatic carbocycles. The van der Waals surface area contributed by atoms with Gasteiger partial charge in [0.05, 0.1) is 6.10 Å². The van der Waals surface area contributed by atoms with E-state index in [-0.39, 0.29) is 12.1 Å². The minimum Gasteiger partial charge on any atom is -0.378 e. The van der Waals surface area contributed by atoms with Crippen molar-refractivity contribution in [1.82, 2.24) is 15.5 Å². The summed E-state index contributed by atoms with van der Waals surface area (Å²) in [5.41, 5.74) is 2.61. The third-order valence-corrected chi connectivity index (χ3v) is 4.27. The molecule has 1 N–H and O–H groups in total. The van der Waals surface area contributed by atoms with Crippen LogP contribution in [0.25, 0.3) is 0 Å². The van der Waals surface area contributed by atoms with E-state index in [0.717, 1.165) is 44.7 Å². The summed E-state index contributed by atoms with van der Waals surface area (Å²) in [5.74, 6) is 1.41. The molecule has 2 unspecified atom stereocenters. The Hall–Kier alpha value is -1.72. The van der Waals surface area contributed by atoms with Gasteiger partial charge in [0.1, 0.15) is 6.04 Å². The molecular formula is C16H19N3O2. The number of ether oxygens (including phenoxy) is 1. The van der Waals surface area contributed by atoms with Crippen molar-refractivity contribution in [1.29, 1.82) is 0 Å². The monoisotopic (exact) mass is 285 g/mol. The molecule has 1 aromatic carbocycles. The van der Waals surface area contributed by atoms with Crippen molar-refractivity contribution in [3.8, 4) is 0 Å². The van der Waals surface area contributed by atoms with E-state index in [2.05, 4.69) is 39.7 Å². The van der Waals surface area contributed by atoms with Crippen molar-refractivity contribution in [3.05, 3.63) is 47.1 Å². The molecule has 0 radical (unpaired) electrons. The van der Waals surface area contributed by atoms with Crippen LogP contribution in [0, 0.1) is 0 Å². The van der Waals surface area contributed by atoms with Crippen LogP contribution in [0.4, 0.5) is 0 Å². The maximum Gasteiger partial charge on any atom is 0.248 e. The van der Waals surface area contributed by atoms with Crippen LogP contribution in [0.1, 0.15) is 41.7 Å². The van der Waals surface area contributed by atoms with Crippen LogP contribution < -0.4 is 5.32 Å². The number of aromatic nitrogens is 2. The first-order chi connectivity index (χ1) is 10.4. The molecule has 1 aromatic heterocycles. The highest BCUT2D eigenvalue weighted by molar-refractivity contribution is 5.35. The van der Waals surface area contributed by atoms with Gasteiger partial charge in [-0.15, -0.1) is 0 Å². The molecule has 21 heavy (non-hydrogen) atoms. The van der Waals surface area contributed by atoms with Crippen LogP contribution in [-0.4, -0.2) is 29.4 Å². The minimum atomic E-state index is 0.0145. The SMILES string of the molecule is c1ccc2c(c1)CCNC2c1nc(CC2CCCO2)no1. The Kier molecular flexibility index (Phi) is 3.45. The molecule has 2 atom stereocenters. The van der Waals surface area contributed by atoms with Crippen molar-refractivity contribution < 1.29 is 9.26 Å². The molecule has 2 aliphatic heterocycles. The summed E-state index contributed by atoms with van der Waals surface area (Å²) in [6.45, 7) is 1.79. The Morgan fingerprint density at radius 1 is 1.29 bits per heavy atom. The minimum absolute atomic E-state index is 0.0145. The second kappa shape index (κ2) is 5.58. The molecule has 2 aromatic rings. The summed E-state index contributed by atoms with van der Waals surface area (Å²) < 4.78 is 11.1. The van der Waals surface area contributed by atoms with Crippen LogP contribution >= 0.6 is 0 Å². The van der Waals surface area contributed by atoms with Gasteiger partial charge in [0.15, 0.2) is 5.82 Å². The van der Waals surface area contributed by atoms with E-state index in [1.165, 1.54) is 11.1 Å². The first kappa shape index (κ1) is 13.0. The average molecular weight is 285 g/mol. The fourth-order valence-electron chi connectivity index (χ4n) is 3.20. The summed E-state index contributed by atoms with van der Waals surface area (Å²) >= 11 is 0. The van der Waals surface area contributed by atoms with Gasteiger partial charge in [0, 0.05) is 19.6 Å². The lowest BCUT2D eigenvalue weighted by Gasteiger charge is -2.23. The molecular weight excluding hydrogens is 266 g/mol. The molecule has 5 heteroatoms. The maximum atomic E-state index is 5.63. The average Bonchev–Trinajstić information content (AvgIpc) is 3.19. The summed E-state index contributed by atoms with van der Waals surface area (Å²) in [7, 11) is 0. The van der Waals surface area contributed by atoms with E-state index in [1.54, 1.807) is 0 Å². The largest absolute Gasteiger partial charge is 0.378 e. The third kappa shape index (κ3) is 2.59. The molecule has 1 fully saturated rings.